The summed E-state index contributed by atoms with van der Waals surface area (Å²) in [6.45, 7) is 5.72. The van der Waals surface area contributed by atoms with Crippen LogP contribution in [0.15, 0.2) is 24.4 Å². The van der Waals surface area contributed by atoms with Gasteiger partial charge in [0.1, 0.15) is 0 Å². The largest absolute Gasteiger partial charge is 0.371 e. The van der Waals surface area contributed by atoms with Gasteiger partial charge in [-0.15, -0.1) is 17.0 Å². The molecular weight excluding hydrogens is 238 g/mol. The lowest BCUT2D eigenvalue weighted by Crippen LogP contribution is -2.28. The lowest BCUT2D eigenvalue weighted by atomic mass is 10.1. The van der Waals surface area contributed by atoms with E-state index in [1.807, 2.05) is 0 Å². The van der Waals surface area contributed by atoms with E-state index in [-0.39, 0.29) is 17.0 Å². The number of nitrogens with zero attached hydrogens (tertiary/aromatic N) is 1. The van der Waals surface area contributed by atoms with Crippen molar-refractivity contribution in [1.29, 1.82) is 0 Å². The van der Waals surface area contributed by atoms with Gasteiger partial charge >= 0.3 is 0 Å². The van der Waals surface area contributed by atoms with Crippen molar-refractivity contribution in [3.05, 3.63) is 24.4 Å². The standard InChI is InChI=1S/C12H21N.BrH/c1-3-4-5-7-10-13-11-8-6-9-12(13)2;/h6,8-9,11-12H,3-5,7,10H2,1-2H3;1H. The molecule has 0 amide bonds. The minimum atomic E-state index is 0. The summed E-state index contributed by atoms with van der Waals surface area (Å²) in [4.78, 5) is 2.41. The predicted octanol–water partition coefficient (Wildman–Crippen LogP) is 3.92. The van der Waals surface area contributed by atoms with Gasteiger partial charge in [0, 0.05) is 12.6 Å². The highest BCUT2D eigenvalue weighted by atomic mass is 79.9. The van der Waals surface area contributed by atoms with Crippen LogP contribution in [0.1, 0.15) is 39.5 Å². The summed E-state index contributed by atoms with van der Waals surface area (Å²) < 4.78 is 0. The molecule has 1 aliphatic heterocycles. The maximum atomic E-state index is 2.41. The van der Waals surface area contributed by atoms with Gasteiger partial charge in [0.2, 0.25) is 0 Å². The normalized spacial score (nSPS) is 19.6. The highest BCUT2D eigenvalue weighted by Crippen LogP contribution is 2.09. The smallest absolute Gasteiger partial charge is 0.0442 e. The van der Waals surface area contributed by atoms with Crippen LogP contribution in [-0.2, 0) is 0 Å². The summed E-state index contributed by atoms with van der Waals surface area (Å²) in [5.74, 6) is 0. The fraction of sp³-hybridized carbons (Fsp3) is 0.667. The Balaban J connectivity index is 0.00000169. The van der Waals surface area contributed by atoms with E-state index in [2.05, 4.69) is 43.2 Å². The van der Waals surface area contributed by atoms with Gasteiger partial charge in [0.05, 0.1) is 0 Å². The van der Waals surface area contributed by atoms with Gasteiger partial charge in [-0.2, -0.15) is 0 Å². The maximum absolute atomic E-state index is 2.41. The first-order chi connectivity index (χ1) is 6.34. The molecule has 0 radical (unpaired) electrons. The van der Waals surface area contributed by atoms with Crippen LogP contribution in [0, 0.1) is 0 Å². The van der Waals surface area contributed by atoms with Crippen molar-refractivity contribution in [3.63, 3.8) is 0 Å². The van der Waals surface area contributed by atoms with Gasteiger partial charge in [0.25, 0.3) is 0 Å². The van der Waals surface area contributed by atoms with Crippen molar-refractivity contribution in [2.75, 3.05) is 6.54 Å². The predicted molar refractivity (Wildman–Crippen MR) is 68.9 cm³/mol. The Hall–Kier alpha value is -0.240. The quantitative estimate of drug-likeness (QED) is 0.677. The van der Waals surface area contributed by atoms with Crippen LogP contribution in [0.4, 0.5) is 0 Å². The van der Waals surface area contributed by atoms with Crippen LogP contribution in [0.3, 0.4) is 0 Å². The molecule has 0 spiro atoms. The fourth-order valence-corrected chi connectivity index (χ4v) is 1.63. The second kappa shape index (κ2) is 8.10. The molecule has 1 heterocycles. The topological polar surface area (TPSA) is 3.24 Å². The zero-order valence-electron chi connectivity index (χ0n) is 9.28. The molecule has 0 saturated heterocycles. The first-order valence-corrected chi connectivity index (χ1v) is 5.45. The summed E-state index contributed by atoms with van der Waals surface area (Å²) in [7, 11) is 0. The third-order valence-electron chi connectivity index (χ3n) is 2.57. The van der Waals surface area contributed by atoms with E-state index in [0.29, 0.717) is 6.04 Å². The third-order valence-corrected chi connectivity index (χ3v) is 2.57. The molecule has 1 unspecified atom stereocenters. The average Bonchev–Trinajstić information content (AvgIpc) is 2.15. The van der Waals surface area contributed by atoms with E-state index in [1.54, 1.807) is 0 Å². The molecule has 1 atom stereocenters. The maximum Gasteiger partial charge on any atom is 0.0442 e. The number of hydrogen-bond donors (Lipinski definition) is 0. The molecule has 1 aliphatic rings. The highest BCUT2D eigenvalue weighted by Gasteiger charge is 2.07. The molecule has 0 bridgehead atoms. The number of rotatable bonds is 5. The molecule has 1 rings (SSSR count). The number of hydrogen-bond acceptors (Lipinski definition) is 1. The molecule has 1 nitrogen and oxygen atoms in total. The van der Waals surface area contributed by atoms with E-state index >= 15 is 0 Å². The van der Waals surface area contributed by atoms with E-state index < -0.39 is 0 Å². The molecule has 0 aromatic rings. The summed E-state index contributed by atoms with van der Waals surface area (Å²) in [6.07, 6.45) is 14.1. The lowest BCUT2D eigenvalue weighted by molar-refractivity contribution is 0.323. The number of unbranched alkanes of at least 4 members (excludes halogenated alkanes) is 3. The van der Waals surface area contributed by atoms with Crippen molar-refractivity contribution >= 4 is 17.0 Å². The number of halogens is 1. The Labute approximate surface area is 98.6 Å². The molecule has 0 N–H and O–H groups in total. The minimum Gasteiger partial charge on any atom is -0.371 e. The molecule has 0 fully saturated rings. The van der Waals surface area contributed by atoms with Gasteiger partial charge in [0.15, 0.2) is 0 Å². The van der Waals surface area contributed by atoms with Gasteiger partial charge in [-0.1, -0.05) is 38.3 Å². The highest BCUT2D eigenvalue weighted by molar-refractivity contribution is 8.93. The van der Waals surface area contributed by atoms with Crippen LogP contribution in [-0.4, -0.2) is 17.5 Å². The lowest BCUT2D eigenvalue weighted by Gasteiger charge is -2.27. The average molecular weight is 260 g/mol. The molecule has 0 aromatic heterocycles. The second-order valence-corrected chi connectivity index (χ2v) is 3.77. The first-order valence-electron chi connectivity index (χ1n) is 5.45. The van der Waals surface area contributed by atoms with Crippen molar-refractivity contribution in [2.45, 2.75) is 45.6 Å². The molecule has 2 heteroatoms. The van der Waals surface area contributed by atoms with E-state index in [4.69, 9.17) is 0 Å². The number of allylic oxidation sites excluding steroid dienone is 2. The van der Waals surface area contributed by atoms with Crippen molar-refractivity contribution in [2.24, 2.45) is 0 Å². The zero-order valence-corrected chi connectivity index (χ0v) is 11.0. The van der Waals surface area contributed by atoms with Gasteiger partial charge in [-0.3, -0.25) is 0 Å². The van der Waals surface area contributed by atoms with Crippen molar-refractivity contribution in [1.82, 2.24) is 4.90 Å². The summed E-state index contributed by atoms with van der Waals surface area (Å²) >= 11 is 0. The second-order valence-electron chi connectivity index (χ2n) is 3.77. The van der Waals surface area contributed by atoms with Crippen LogP contribution in [0.5, 0.6) is 0 Å². The minimum absolute atomic E-state index is 0. The Morgan fingerprint density at radius 1 is 1.14 bits per heavy atom. The van der Waals surface area contributed by atoms with Crippen molar-refractivity contribution in [3.8, 4) is 0 Å². The van der Waals surface area contributed by atoms with Crippen LogP contribution in [0.2, 0.25) is 0 Å². The molecule has 0 aliphatic carbocycles. The van der Waals surface area contributed by atoms with E-state index in [1.165, 1.54) is 32.2 Å². The summed E-state index contributed by atoms with van der Waals surface area (Å²) in [5.41, 5.74) is 0. The Morgan fingerprint density at radius 3 is 2.57 bits per heavy atom. The Bertz CT molecular complexity index is 187. The zero-order chi connectivity index (χ0) is 9.52. The Kier molecular flexibility index (Phi) is 7.96. The van der Waals surface area contributed by atoms with Crippen LogP contribution < -0.4 is 0 Å². The molecule has 0 aromatic carbocycles. The van der Waals surface area contributed by atoms with Crippen LogP contribution in [0.25, 0.3) is 0 Å². The summed E-state index contributed by atoms with van der Waals surface area (Å²) in [5, 5.41) is 0. The monoisotopic (exact) mass is 259 g/mol. The Morgan fingerprint density at radius 2 is 1.93 bits per heavy atom. The van der Waals surface area contributed by atoms with Gasteiger partial charge < -0.3 is 4.90 Å². The van der Waals surface area contributed by atoms with Crippen LogP contribution >= 0.6 is 17.0 Å². The van der Waals surface area contributed by atoms with E-state index in [0.717, 1.165) is 0 Å². The third kappa shape index (κ3) is 4.85. The summed E-state index contributed by atoms with van der Waals surface area (Å²) in [6, 6.07) is 0.589. The van der Waals surface area contributed by atoms with E-state index in [9.17, 15) is 0 Å². The molecule has 82 valence electrons. The van der Waals surface area contributed by atoms with Crippen molar-refractivity contribution < 1.29 is 0 Å². The molecule has 14 heavy (non-hydrogen) atoms. The van der Waals surface area contributed by atoms with Gasteiger partial charge in [-0.05, 0) is 25.6 Å². The molecular formula is C12H22BrN. The SMILES string of the molecule is Br.CCCCCCN1C=CC=CC1C. The molecule has 0 saturated carbocycles. The fourth-order valence-electron chi connectivity index (χ4n) is 1.63. The van der Waals surface area contributed by atoms with Gasteiger partial charge in [-0.25, -0.2) is 0 Å². The first kappa shape index (κ1) is 13.8.